The van der Waals surface area contributed by atoms with Crippen LogP contribution in [0.3, 0.4) is 0 Å². The van der Waals surface area contributed by atoms with Gasteiger partial charge in [0, 0.05) is 11.5 Å². The molecule has 0 fully saturated rings. The minimum absolute atomic E-state index is 0.126. The van der Waals surface area contributed by atoms with Crippen LogP contribution < -0.4 is 0 Å². The summed E-state index contributed by atoms with van der Waals surface area (Å²) in [5.41, 5.74) is 12.5. The largest absolute Gasteiger partial charge is 0.152 e. The fourth-order valence-electron chi connectivity index (χ4n) is 4.70. The first-order chi connectivity index (χ1) is 18.2. The summed E-state index contributed by atoms with van der Waals surface area (Å²) in [6.07, 6.45) is 0. The minimum Gasteiger partial charge on any atom is -0.152 e. The maximum absolute atomic E-state index is 2.39. The molecule has 0 saturated heterocycles. The van der Waals surface area contributed by atoms with E-state index >= 15 is 0 Å². The van der Waals surface area contributed by atoms with Crippen LogP contribution in [0.15, 0.2) is 91.0 Å². The van der Waals surface area contributed by atoms with Crippen LogP contribution in [-0.4, -0.2) is 0 Å². The van der Waals surface area contributed by atoms with E-state index in [0.717, 1.165) is 11.5 Å². The van der Waals surface area contributed by atoms with Crippen LogP contribution >= 0.6 is 11.8 Å². The Morgan fingerprint density at radius 2 is 0.821 bits per heavy atom. The first-order valence-corrected chi connectivity index (χ1v) is 15.4. The number of hydrogen-bond donors (Lipinski definition) is 0. The van der Waals surface area contributed by atoms with Gasteiger partial charge in [-0.3, -0.25) is 0 Å². The molecule has 204 valence electrons. The van der Waals surface area contributed by atoms with Gasteiger partial charge in [0.1, 0.15) is 0 Å². The highest BCUT2D eigenvalue weighted by molar-refractivity contribution is 7.97. The number of benzene rings is 4. The molecule has 0 spiro atoms. The van der Waals surface area contributed by atoms with Crippen molar-refractivity contribution >= 4 is 11.8 Å². The topological polar surface area (TPSA) is 0 Å². The molecule has 4 aromatic rings. The van der Waals surface area contributed by atoms with E-state index in [1.807, 2.05) is 11.8 Å². The molecule has 1 heteroatoms. The lowest BCUT2D eigenvalue weighted by Gasteiger charge is -2.26. The van der Waals surface area contributed by atoms with E-state index < -0.39 is 0 Å². The zero-order valence-electron chi connectivity index (χ0n) is 25.5. The van der Waals surface area contributed by atoms with Gasteiger partial charge in [0.2, 0.25) is 0 Å². The van der Waals surface area contributed by atoms with Gasteiger partial charge in [-0.05, 0) is 66.3 Å². The van der Waals surface area contributed by atoms with Crippen molar-refractivity contribution in [2.75, 3.05) is 0 Å². The van der Waals surface area contributed by atoms with Crippen molar-refractivity contribution in [3.63, 3.8) is 0 Å². The molecule has 0 saturated carbocycles. The normalized spacial score (nSPS) is 12.5. The predicted molar refractivity (Wildman–Crippen MR) is 175 cm³/mol. The molecule has 39 heavy (non-hydrogen) atoms. The Morgan fingerprint density at radius 1 is 0.410 bits per heavy atom. The molecule has 4 aromatic carbocycles. The highest BCUT2D eigenvalue weighted by Gasteiger charge is 2.21. The van der Waals surface area contributed by atoms with E-state index in [1.54, 1.807) is 0 Å². The summed E-state index contributed by atoms with van der Waals surface area (Å²) < 4.78 is 0. The molecule has 0 aliphatic heterocycles. The SMILES string of the molecule is CC(C)(C)c1cccc(-c2ccc(CSCc3ccc(-c4cc(C(C)(C)C)cc(C(C)(C)C)c4)cc3)cc2)c1. The lowest BCUT2D eigenvalue weighted by Crippen LogP contribution is -2.16. The molecule has 0 nitrogen and oxygen atoms in total. The summed E-state index contributed by atoms with van der Waals surface area (Å²) in [7, 11) is 0. The smallest absolute Gasteiger partial charge is 0.0187 e. The van der Waals surface area contributed by atoms with Gasteiger partial charge < -0.3 is 0 Å². The molecule has 0 N–H and O–H groups in total. The van der Waals surface area contributed by atoms with Crippen LogP contribution in [-0.2, 0) is 27.8 Å². The quantitative estimate of drug-likeness (QED) is 0.237. The van der Waals surface area contributed by atoms with E-state index in [1.165, 1.54) is 50.1 Å². The Hall–Kier alpha value is -2.77. The Bertz CT molecular complexity index is 1350. The Morgan fingerprint density at radius 3 is 1.26 bits per heavy atom. The maximum atomic E-state index is 2.39. The van der Waals surface area contributed by atoms with Crippen molar-refractivity contribution in [1.82, 2.24) is 0 Å². The van der Waals surface area contributed by atoms with Gasteiger partial charge in [0.25, 0.3) is 0 Å². The molecule has 0 aromatic heterocycles. The minimum atomic E-state index is 0.126. The van der Waals surface area contributed by atoms with Crippen LogP contribution in [0.2, 0.25) is 0 Å². The maximum Gasteiger partial charge on any atom is 0.0187 e. The van der Waals surface area contributed by atoms with E-state index in [0.29, 0.717) is 0 Å². The lowest BCUT2D eigenvalue weighted by atomic mass is 9.79. The number of hydrogen-bond acceptors (Lipinski definition) is 1. The van der Waals surface area contributed by atoms with Crippen molar-refractivity contribution in [2.45, 2.75) is 90.1 Å². The van der Waals surface area contributed by atoms with E-state index in [-0.39, 0.29) is 16.2 Å². The highest BCUT2D eigenvalue weighted by Crippen LogP contribution is 2.34. The van der Waals surface area contributed by atoms with Crippen LogP contribution in [0.5, 0.6) is 0 Å². The average Bonchev–Trinajstić information content (AvgIpc) is 2.88. The van der Waals surface area contributed by atoms with Crippen LogP contribution in [0, 0.1) is 0 Å². The van der Waals surface area contributed by atoms with Crippen molar-refractivity contribution < 1.29 is 0 Å². The van der Waals surface area contributed by atoms with Gasteiger partial charge in [-0.1, -0.05) is 153 Å². The zero-order chi connectivity index (χ0) is 28.4. The first-order valence-electron chi connectivity index (χ1n) is 14.2. The van der Waals surface area contributed by atoms with E-state index in [2.05, 4.69) is 153 Å². The Kier molecular flexibility index (Phi) is 8.52. The summed E-state index contributed by atoms with van der Waals surface area (Å²) in [6, 6.07) is 34.4. The molecule has 0 aliphatic rings. The number of thioether (sulfide) groups is 1. The third-order valence-corrected chi connectivity index (χ3v) is 8.58. The predicted octanol–water partition coefficient (Wildman–Crippen LogP) is 11.3. The highest BCUT2D eigenvalue weighted by atomic mass is 32.2. The van der Waals surface area contributed by atoms with E-state index in [4.69, 9.17) is 0 Å². The fraction of sp³-hybridized carbons (Fsp3) is 0.368. The molecule has 0 aliphatic carbocycles. The molecule has 0 amide bonds. The summed E-state index contributed by atoms with van der Waals surface area (Å²) >= 11 is 1.98. The van der Waals surface area contributed by atoms with Crippen LogP contribution in [0.4, 0.5) is 0 Å². The third kappa shape index (κ3) is 7.67. The third-order valence-electron chi connectivity index (χ3n) is 7.51. The molecule has 0 atom stereocenters. The monoisotopic (exact) mass is 534 g/mol. The standard InChI is InChI=1S/C38H46S/c1-36(2,3)33-12-10-11-31(21-33)29-17-13-27(14-18-29)25-39-26-28-15-19-30(20-16-28)32-22-34(37(4,5)6)24-35(23-32)38(7,8)9/h10-24H,25-26H2,1-9H3. The van der Waals surface area contributed by atoms with Crippen molar-refractivity contribution in [2.24, 2.45) is 0 Å². The molecule has 0 unspecified atom stereocenters. The van der Waals surface area contributed by atoms with Crippen molar-refractivity contribution in [1.29, 1.82) is 0 Å². The molecular formula is C38H46S. The average molecular weight is 535 g/mol. The summed E-state index contributed by atoms with van der Waals surface area (Å²) in [6.45, 7) is 20.6. The van der Waals surface area contributed by atoms with Gasteiger partial charge in [0.05, 0.1) is 0 Å². The van der Waals surface area contributed by atoms with Crippen molar-refractivity contribution in [3.8, 4) is 22.3 Å². The number of rotatable bonds is 6. The second kappa shape index (κ2) is 11.4. The Balaban J connectivity index is 1.40. The second-order valence-electron chi connectivity index (χ2n) is 14.0. The zero-order valence-corrected chi connectivity index (χ0v) is 26.3. The van der Waals surface area contributed by atoms with E-state index in [9.17, 15) is 0 Å². The Labute approximate surface area is 242 Å². The lowest BCUT2D eigenvalue weighted by molar-refractivity contribution is 0.569. The summed E-state index contributed by atoms with van der Waals surface area (Å²) in [5.74, 6) is 2.04. The molecule has 0 radical (unpaired) electrons. The van der Waals surface area contributed by atoms with Gasteiger partial charge in [-0.25, -0.2) is 0 Å². The molecule has 0 bridgehead atoms. The van der Waals surface area contributed by atoms with Crippen LogP contribution in [0.25, 0.3) is 22.3 Å². The van der Waals surface area contributed by atoms with Gasteiger partial charge in [0.15, 0.2) is 0 Å². The van der Waals surface area contributed by atoms with Crippen molar-refractivity contribution in [3.05, 3.63) is 119 Å². The molecule has 0 heterocycles. The summed E-state index contributed by atoms with van der Waals surface area (Å²) in [4.78, 5) is 0. The van der Waals surface area contributed by atoms with Gasteiger partial charge >= 0.3 is 0 Å². The second-order valence-corrected chi connectivity index (χ2v) is 15.0. The summed E-state index contributed by atoms with van der Waals surface area (Å²) in [5, 5.41) is 0. The first kappa shape index (κ1) is 29.2. The van der Waals surface area contributed by atoms with Crippen LogP contribution in [0.1, 0.15) is 90.1 Å². The van der Waals surface area contributed by atoms with Gasteiger partial charge in [-0.15, -0.1) is 0 Å². The fourth-order valence-corrected chi connectivity index (χ4v) is 5.66. The molecular weight excluding hydrogens is 488 g/mol. The molecule has 4 rings (SSSR count). The van der Waals surface area contributed by atoms with Gasteiger partial charge in [-0.2, -0.15) is 11.8 Å².